The van der Waals surface area contributed by atoms with Crippen molar-refractivity contribution in [3.8, 4) is 0 Å². The van der Waals surface area contributed by atoms with Crippen molar-refractivity contribution in [1.82, 2.24) is 19.9 Å². The molecule has 1 aliphatic heterocycles. The topological polar surface area (TPSA) is 34.0 Å². The summed E-state index contributed by atoms with van der Waals surface area (Å²) in [6, 6.07) is 6.11. The van der Waals surface area contributed by atoms with E-state index in [-0.39, 0.29) is 0 Å². The van der Waals surface area contributed by atoms with Crippen LogP contribution in [0.3, 0.4) is 0 Å². The van der Waals surface area contributed by atoms with E-state index in [2.05, 4.69) is 44.3 Å². The zero-order valence-electron chi connectivity index (χ0n) is 9.10. The summed E-state index contributed by atoms with van der Waals surface area (Å²) in [5.74, 6) is 0.721. The van der Waals surface area contributed by atoms with Crippen molar-refractivity contribution in [3.05, 3.63) is 22.7 Å². The Hall–Kier alpha value is -0.940. The molecule has 1 saturated heterocycles. The molecule has 3 rings (SSSR count). The maximum Gasteiger partial charge on any atom is 0.114 e. The number of halogens is 1. The largest absolute Gasteiger partial charge is 0.306 e. The SMILES string of the molecule is CN1CC(Cn2nnc3cc(Br)ccc32)C1. The van der Waals surface area contributed by atoms with Crippen molar-refractivity contribution in [2.45, 2.75) is 6.54 Å². The molecule has 1 aliphatic rings. The summed E-state index contributed by atoms with van der Waals surface area (Å²) in [5.41, 5.74) is 2.08. The molecule has 0 radical (unpaired) electrons. The van der Waals surface area contributed by atoms with E-state index in [0.29, 0.717) is 0 Å². The lowest BCUT2D eigenvalue weighted by Crippen LogP contribution is -2.45. The van der Waals surface area contributed by atoms with Crippen molar-refractivity contribution in [3.63, 3.8) is 0 Å². The van der Waals surface area contributed by atoms with Crippen LogP contribution in [0.25, 0.3) is 11.0 Å². The zero-order valence-corrected chi connectivity index (χ0v) is 10.7. The van der Waals surface area contributed by atoms with Gasteiger partial charge in [-0.1, -0.05) is 21.1 Å². The van der Waals surface area contributed by atoms with Gasteiger partial charge in [-0.05, 0) is 25.2 Å². The first kappa shape index (κ1) is 10.2. The molecule has 0 unspecified atom stereocenters. The number of nitrogens with zero attached hydrogens (tertiary/aromatic N) is 4. The second-order valence-electron chi connectivity index (χ2n) is 4.49. The van der Waals surface area contributed by atoms with E-state index in [1.165, 1.54) is 0 Å². The first-order valence-corrected chi connectivity index (χ1v) is 6.19. The summed E-state index contributed by atoms with van der Waals surface area (Å²) >= 11 is 3.44. The van der Waals surface area contributed by atoms with Gasteiger partial charge in [-0.25, -0.2) is 4.68 Å². The Labute approximate surface area is 102 Å². The van der Waals surface area contributed by atoms with Gasteiger partial charge >= 0.3 is 0 Å². The van der Waals surface area contributed by atoms with Crippen molar-refractivity contribution in [2.75, 3.05) is 20.1 Å². The Balaban J connectivity index is 1.87. The van der Waals surface area contributed by atoms with Crippen LogP contribution in [0.4, 0.5) is 0 Å². The van der Waals surface area contributed by atoms with Gasteiger partial charge in [0, 0.05) is 30.0 Å². The van der Waals surface area contributed by atoms with Crippen LogP contribution >= 0.6 is 15.9 Å². The van der Waals surface area contributed by atoms with Crippen molar-refractivity contribution >= 4 is 27.0 Å². The maximum atomic E-state index is 4.21. The number of fused-ring (bicyclic) bond motifs is 1. The average molecular weight is 281 g/mol. The fraction of sp³-hybridized carbons (Fsp3) is 0.455. The van der Waals surface area contributed by atoms with Gasteiger partial charge in [0.05, 0.1) is 5.52 Å². The third kappa shape index (κ3) is 1.74. The molecule has 5 heteroatoms. The zero-order chi connectivity index (χ0) is 11.1. The number of benzene rings is 1. The molecule has 0 bridgehead atoms. The average Bonchev–Trinajstić information content (AvgIpc) is 2.58. The Morgan fingerprint density at radius 2 is 2.25 bits per heavy atom. The minimum Gasteiger partial charge on any atom is -0.306 e. The van der Waals surface area contributed by atoms with Crippen LogP contribution in [0, 0.1) is 5.92 Å². The first-order valence-electron chi connectivity index (χ1n) is 5.39. The first-order chi connectivity index (χ1) is 7.72. The molecule has 1 aromatic carbocycles. The molecule has 0 N–H and O–H groups in total. The fourth-order valence-electron chi connectivity index (χ4n) is 2.27. The summed E-state index contributed by atoms with van der Waals surface area (Å²) in [7, 11) is 2.15. The molecule has 0 amide bonds. The molecular formula is C11H13BrN4. The summed E-state index contributed by atoms with van der Waals surface area (Å²) in [6.45, 7) is 3.30. The van der Waals surface area contributed by atoms with Crippen molar-refractivity contribution < 1.29 is 0 Å². The Kier molecular flexibility index (Phi) is 2.44. The maximum absolute atomic E-state index is 4.21. The molecule has 1 fully saturated rings. The minimum absolute atomic E-state index is 0.721. The van der Waals surface area contributed by atoms with Crippen LogP contribution < -0.4 is 0 Å². The van der Waals surface area contributed by atoms with Crippen LogP contribution in [-0.4, -0.2) is 40.0 Å². The molecule has 0 spiro atoms. The number of hydrogen-bond donors (Lipinski definition) is 0. The molecule has 0 aliphatic carbocycles. The van der Waals surface area contributed by atoms with E-state index in [4.69, 9.17) is 0 Å². The Bertz CT molecular complexity index is 516. The number of aromatic nitrogens is 3. The molecule has 0 atom stereocenters. The summed E-state index contributed by atoms with van der Waals surface area (Å²) in [4.78, 5) is 2.32. The summed E-state index contributed by atoms with van der Waals surface area (Å²) < 4.78 is 3.06. The van der Waals surface area contributed by atoms with Crippen LogP contribution in [-0.2, 0) is 6.54 Å². The molecule has 2 heterocycles. The molecular weight excluding hydrogens is 268 g/mol. The van der Waals surface area contributed by atoms with E-state index >= 15 is 0 Å². The second-order valence-corrected chi connectivity index (χ2v) is 5.41. The van der Waals surface area contributed by atoms with Gasteiger partial charge in [0.15, 0.2) is 0 Å². The van der Waals surface area contributed by atoms with E-state index in [0.717, 1.165) is 41.1 Å². The summed E-state index contributed by atoms with van der Waals surface area (Å²) in [5, 5.41) is 8.39. The van der Waals surface area contributed by atoms with E-state index in [1.807, 2.05) is 16.8 Å². The van der Waals surface area contributed by atoms with Gasteiger partial charge in [-0.3, -0.25) is 0 Å². The number of hydrogen-bond acceptors (Lipinski definition) is 3. The van der Waals surface area contributed by atoms with E-state index in [1.54, 1.807) is 0 Å². The highest BCUT2D eigenvalue weighted by Crippen LogP contribution is 2.20. The predicted molar refractivity (Wildman–Crippen MR) is 66.2 cm³/mol. The highest BCUT2D eigenvalue weighted by atomic mass is 79.9. The van der Waals surface area contributed by atoms with Gasteiger partial charge in [-0.15, -0.1) is 5.10 Å². The third-order valence-corrected chi connectivity index (χ3v) is 3.54. The van der Waals surface area contributed by atoms with Gasteiger partial charge < -0.3 is 4.90 Å². The monoisotopic (exact) mass is 280 g/mol. The predicted octanol–water partition coefficient (Wildman–Crippen LogP) is 1.76. The highest BCUT2D eigenvalue weighted by Gasteiger charge is 2.24. The molecule has 16 heavy (non-hydrogen) atoms. The standard InChI is InChI=1S/C11H13BrN4/c1-15-5-8(6-15)7-16-11-3-2-9(12)4-10(11)13-14-16/h2-4,8H,5-7H2,1H3. The highest BCUT2D eigenvalue weighted by molar-refractivity contribution is 9.10. The van der Waals surface area contributed by atoms with Gasteiger partial charge in [0.1, 0.15) is 5.52 Å². The fourth-order valence-corrected chi connectivity index (χ4v) is 2.62. The van der Waals surface area contributed by atoms with Crippen LogP contribution in [0.5, 0.6) is 0 Å². The van der Waals surface area contributed by atoms with Gasteiger partial charge in [-0.2, -0.15) is 0 Å². The van der Waals surface area contributed by atoms with Crippen LogP contribution in [0.2, 0.25) is 0 Å². The lowest BCUT2D eigenvalue weighted by molar-refractivity contribution is 0.116. The smallest absolute Gasteiger partial charge is 0.114 e. The molecule has 1 aromatic heterocycles. The van der Waals surface area contributed by atoms with E-state index in [9.17, 15) is 0 Å². The number of rotatable bonds is 2. The molecule has 0 saturated carbocycles. The third-order valence-electron chi connectivity index (χ3n) is 3.05. The Morgan fingerprint density at radius 3 is 3.00 bits per heavy atom. The van der Waals surface area contributed by atoms with Gasteiger partial charge in [0.25, 0.3) is 0 Å². The summed E-state index contributed by atoms with van der Waals surface area (Å²) in [6.07, 6.45) is 0. The van der Waals surface area contributed by atoms with Gasteiger partial charge in [0.2, 0.25) is 0 Å². The second kappa shape index (κ2) is 3.82. The van der Waals surface area contributed by atoms with Crippen LogP contribution in [0.1, 0.15) is 0 Å². The lowest BCUT2D eigenvalue weighted by atomic mass is 10.0. The molecule has 84 valence electrons. The number of likely N-dealkylation sites (tertiary alicyclic amines) is 1. The van der Waals surface area contributed by atoms with Crippen LogP contribution in [0.15, 0.2) is 22.7 Å². The van der Waals surface area contributed by atoms with Crippen molar-refractivity contribution in [2.24, 2.45) is 5.92 Å². The minimum atomic E-state index is 0.721. The Morgan fingerprint density at radius 1 is 1.44 bits per heavy atom. The van der Waals surface area contributed by atoms with Crippen molar-refractivity contribution in [1.29, 1.82) is 0 Å². The normalized spacial score (nSPS) is 17.9. The molecule has 4 nitrogen and oxygen atoms in total. The van der Waals surface area contributed by atoms with E-state index < -0.39 is 0 Å². The molecule has 2 aromatic rings. The quantitative estimate of drug-likeness (QED) is 0.841. The lowest BCUT2D eigenvalue weighted by Gasteiger charge is -2.35.